The Bertz CT molecular complexity index is 940. The molecular formula is C17H18FN3O5. The zero-order chi connectivity index (χ0) is 18.4. The quantitative estimate of drug-likeness (QED) is 0.797. The van der Waals surface area contributed by atoms with Crippen LogP contribution >= 0.6 is 0 Å². The Balaban J connectivity index is 1.86. The van der Waals surface area contributed by atoms with E-state index in [0.717, 1.165) is 25.3 Å². The van der Waals surface area contributed by atoms with Crippen molar-refractivity contribution in [2.24, 2.45) is 5.92 Å². The van der Waals surface area contributed by atoms with E-state index in [1.165, 1.54) is 6.20 Å². The maximum absolute atomic E-state index is 14.7. The van der Waals surface area contributed by atoms with Gasteiger partial charge in [-0.2, -0.15) is 0 Å². The van der Waals surface area contributed by atoms with E-state index in [1.807, 2.05) is 0 Å². The Morgan fingerprint density at radius 1 is 1.38 bits per heavy atom. The predicted molar refractivity (Wildman–Crippen MR) is 90.3 cm³/mol. The Morgan fingerprint density at radius 2 is 2.15 bits per heavy atom. The number of halogens is 1. The molecule has 9 heteroatoms. The second kappa shape index (κ2) is 6.24. The highest BCUT2D eigenvalue weighted by Crippen LogP contribution is 2.38. The summed E-state index contributed by atoms with van der Waals surface area (Å²) in [5.41, 5.74) is -0.383. The summed E-state index contributed by atoms with van der Waals surface area (Å²) in [5, 5.41) is 18.1. The van der Waals surface area contributed by atoms with Crippen LogP contribution in [0.15, 0.2) is 17.1 Å². The van der Waals surface area contributed by atoms with Gasteiger partial charge in [-0.05, 0) is 25.3 Å². The molecule has 2 aliphatic rings. The first-order valence-corrected chi connectivity index (χ1v) is 8.50. The Hall–Kier alpha value is -2.68. The van der Waals surface area contributed by atoms with Crippen molar-refractivity contribution < 1.29 is 24.1 Å². The molecule has 2 aromatic rings. The van der Waals surface area contributed by atoms with Gasteiger partial charge < -0.3 is 24.4 Å². The average Bonchev–Trinajstić information content (AvgIpc) is 3.34. The van der Waals surface area contributed by atoms with Gasteiger partial charge in [0.1, 0.15) is 5.65 Å². The van der Waals surface area contributed by atoms with Crippen LogP contribution < -0.4 is 15.1 Å². The number of aliphatic hydroxyl groups is 1. The van der Waals surface area contributed by atoms with E-state index >= 15 is 0 Å². The molecule has 2 aromatic heterocycles. The van der Waals surface area contributed by atoms with Crippen LogP contribution in [0.4, 0.5) is 15.0 Å². The van der Waals surface area contributed by atoms with Crippen molar-refractivity contribution in [3.05, 3.63) is 28.3 Å². The molecule has 8 nitrogen and oxygen atoms in total. The lowest BCUT2D eigenvalue weighted by Crippen LogP contribution is -2.24. The summed E-state index contributed by atoms with van der Waals surface area (Å²) in [6, 6.07) is 1.18. The van der Waals surface area contributed by atoms with Gasteiger partial charge in [-0.1, -0.05) is 0 Å². The molecule has 1 aliphatic carbocycles. The Labute approximate surface area is 147 Å². The highest BCUT2D eigenvalue weighted by atomic mass is 19.1. The van der Waals surface area contributed by atoms with Gasteiger partial charge in [-0.3, -0.25) is 4.79 Å². The number of nitrogens with zero attached hydrogens (tertiary/aromatic N) is 3. The highest BCUT2D eigenvalue weighted by molar-refractivity contribution is 5.80. The molecule has 138 valence electrons. The van der Waals surface area contributed by atoms with Crippen molar-refractivity contribution in [3.8, 4) is 5.75 Å². The molecule has 0 radical (unpaired) electrons. The molecule has 0 aromatic carbocycles. The first kappa shape index (κ1) is 16.8. The fourth-order valence-electron chi connectivity index (χ4n) is 3.41. The lowest BCUT2D eigenvalue weighted by atomic mass is 10.1. The third kappa shape index (κ3) is 2.88. The van der Waals surface area contributed by atoms with Crippen LogP contribution in [0.3, 0.4) is 0 Å². The minimum atomic E-state index is -1.60. The number of aromatic nitrogens is 2. The molecule has 1 unspecified atom stereocenters. The third-order valence-corrected chi connectivity index (χ3v) is 4.89. The van der Waals surface area contributed by atoms with Crippen molar-refractivity contribution in [2.45, 2.75) is 25.3 Å². The zero-order valence-corrected chi connectivity index (χ0v) is 13.9. The molecule has 26 heavy (non-hydrogen) atoms. The largest absolute Gasteiger partial charge is 0.511 e. The molecule has 2 N–H and O–H groups in total. The zero-order valence-electron chi connectivity index (χ0n) is 13.9. The number of ether oxygens (including phenoxy) is 1. The molecule has 2 fully saturated rings. The summed E-state index contributed by atoms with van der Waals surface area (Å²) in [7, 11) is 0. The summed E-state index contributed by atoms with van der Waals surface area (Å²) in [6.45, 7) is 1.11. The van der Waals surface area contributed by atoms with Gasteiger partial charge in [0.15, 0.2) is 17.4 Å². The smallest absolute Gasteiger partial charge is 0.449 e. The number of hydrogen-bond donors (Lipinski definition) is 2. The van der Waals surface area contributed by atoms with Crippen LogP contribution in [0, 0.1) is 11.7 Å². The topological polar surface area (TPSA) is 105 Å². The molecule has 0 amide bonds. The van der Waals surface area contributed by atoms with E-state index in [0.29, 0.717) is 18.7 Å². The Kier molecular flexibility index (Phi) is 4.03. The molecular weight excluding hydrogens is 345 g/mol. The Morgan fingerprint density at radius 3 is 2.77 bits per heavy atom. The maximum atomic E-state index is 14.7. The molecule has 1 saturated heterocycles. The van der Waals surface area contributed by atoms with Crippen molar-refractivity contribution in [2.75, 3.05) is 24.6 Å². The van der Waals surface area contributed by atoms with Gasteiger partial charge in [-0.15, -0.1) is 0 Å². The van der Waals surface area contributed by atoms with Crippen molar-refractivity contribution in [3.63, 3.8) is 0 Å². The summed E-state index contributed by atoms with van der Waals surface area (Å²) in [4.78, 5) is 29.5. The molecule has 0 spiro atoms. The molecule has 1 atom stereocenters. The third-order valence-electron chi connectivity index (χ3n) is 4.89. The number of hydrogen-bond acceptors (Lipinski definition) is 6. The van der Waals surface area contributed by atoms with Crippen LogP contribution in [0.1, 0.15) is 25.3 Å². The average molecular weight is 363 g/mol. The minimum absolute atomic E-state index is 0.00481. The fraction of sp³-hybridized carbons (Fsp3) is 0.471. The van der Waals surface area contributed by atoms with E-state index < -0.39 is 17.4 Å². The predicted octanol–water partition coefficient (Wildman–Crippen LogP) is 1.75. The second-order valence-corrected chi connectivity index (χ2v) is 6.78. The van der Waals surface area contributed by atoms with Crippen LogP contribution in [0.5, 0.6) is 5.75 Å². The molecule has 3 heterocycles. The summed E-state index contributed by atoms with van der Waals surface area (Å²) in [6.07, 6.45) is 2.23. The molecule has 1 aliphatic heterocycles. The number of carbonyl (C=O) groups is 1. The molecule has 1 saturated carbocycles. The first-order valence-electron chi connectivity index (χ1n) is 8.50. The number of rotatable bonds is 4. The van der Waals surface area contributed by atoms with Gasteiger partial charge in [0.05, 0.1) is 11.6 Å². The van der Waals surface area contributed by atoms with Crippen LogP contribution in [0.2, 0.25) is 0 Å². The van der Waals surface area contributed by atoms with Gasteiger partial charge in [-0.25, -0.2) is 14.2 Å². The van der Waals surface area contributed by atoms with Gasteiger partial charge >= 0.3 is 6.16 Å². The lowest BCUT2D eigenvalue weighted by molar-refractivity contribution is 0.143. The maximum Gasteiger partial charge on any atom is 0.511 e. The van der Waals surface area contributed by atoms with Gasteiger partial charge in [0, 0.05) is 31.7 Å². The molecule has 4 rings (SSSR count). The summed E-state index contributed by atoms with van der Waals surface area (Å²) >= 11 is 0. The van der Waals surface area contributed by atoms with Crippen molar-refractivity contribution >= 4 is 23.0 Å². The van der Waals surface area contributed by atoms with Gasteiger partial charge in [0.2, 0.25) is 5.43 Å². The number of pyridine rings is 2. The van der Waals surface area contributed by atoms with E-state index in [1.54, 1.807) is 9.47 Å². The fourth-order valence-corrected chi connectivity index (χ4v) is 3.41. The second-order valence-electron chi connectivity index (χ2n) is 6.78. The monoisotopic (exact) mass is 363 g/mol. The van der Waals surface area contributed by atoms with Crippen molar-refractivity contribution in [1.29, 1.82) is 0 Å². The SMILES string of the molecule is O=C(O)Oc1cn(C2CC2)c2nc(N3CCC(CO)C3)c(F)cc2c1=O. The number of aliphatic hydroxyl groups excluding tert-OH is 1. The standard InChI is InChI=1S/C17H18FN3O5/c18-12-5-11-14(23)13(26-17(24)25)7-21(10-1-2-10)15(11)19-16(12)20-4-3-9(6-20)8-22/h5,7,9-10,22H,1-4,6,8H2,(H,24,25). The summed E-state index contributed by atoms with van der Waals surface area (Å²) in [5.74, 6) is -0.784. The number of anilines is 1. The van der Waals surface area contributed by atoms with Crippen LogP contribution in [-0.4, -0.2) is 45.6 Å². The van der Waals surface area contributed by atoms with E-state index in [9.17, 15) is 19.1 Å². The van der Waals surface area contributed by atoms with E-state index in [2.05, 4.69) is 9.72 Å². The van der Waals surface area contributed by atoms with E-state index in [-0.39, 0.29) is 35.5 Å². The van der Waals surface area contributed by atoms with Crippen molar-refractivity contribution in [1.82, 2.24) is 9.55 Å². The van der Waals surface area contributed by atoms with Crippen LogP contribution in [0.25, 0.3) is 11.0 Å². The lowest BCUT2D eigenvalue weighted by Gasteiger charge is -2.20. The number of carboxylic acid groups (broad SMARTS) is 1. The van der Waals surface area contributed by atoms with Gasteiger partial charge in [0.25, 0.3) is 0 Å². The van der Waals surface area contributed by atoms with E-state index in [4.69, 9.17) is 5.11 Å². The summed E-state index contributed by atoms with van der Waals surface area (Å²) < 4.78 is 20.9. The first-order chi connectivity index (χ1) is 12.5. The van der Waals surface area contributed by atoms with Crippen LogP contribution in [-0.2, 0) is 0 Å². The molecule has 0 bridgehead atoms. The minimum Gasteiger partial charge on any atom is -0.449 e. The highest BCUT2D eigenvalue weighted by Gasteiger charge is 2.30. The number of fused-ring (bicyclic) bond motifs is 1. The normalized spacial score (nSPS) is 19.9.